The fraction of sp³-hybridized carbons (Fsp3) is 0.438. The molecule has 0 spiro atoms. The normalized spacial score (nSPS) is 16.4. The molecule has 0 aliphatic heterocycles. The van der Waals surface area contributed by atoms with Gasteiger partial charge in [-0.2, -0.15) is 10.2 Å². The lowest BCUT2D eigenvalue weighted by atomic mass is 9.95. The first kappa shape index (κ1) is 13.3. The quantitative estimate of drug-likeness (QED) is 0.789. The second-order valence-electron chi connectivity index (χ2n) is 6.06. The van der Waals surface area contributed by atoms with Gasteiger partial charge >= 0.3 is 0 Å². The molecule has 3 heterocycles. The molecule has 0 unspecified atom stereocenters. The van der Waals surface area contributed by atoms with Gasteiger partial charge in [-0.15, -0.1) is 0 Å². The van der Waals surface area contributed by atoms with Gasteiger partial charge in [-0.05, 0) is 31.9 Å². The third-order valence-electron chi connectivity index (χ3n) is 4.63. The smallest absolute Gasteiger partial charge is 0.152 e. The molecule has 0 amide bonds. The molecular weight excluding hydrogens is 276 g/mol. The first-order chi connectivity index (χ1) is 10.8. The SMILES string of the molecule is Cc1cc(-c2ccnn2C2CCCCC2)c2c(N)ncnn12. The molecule has 22 heavy (non-hydrogen) atoms. The van der Waals surface area contributed by atoms with E-state index in [0.29, 0.717) is 11.9 Å². The third-order valence-corrected chi connectivity index (χ3v) is 4.63. The molecule has 1 fully saturated rings. The van der Waals surface area contributed by atoms with E-state index in [0.717, 1.165) is 22.5 Å². The minimum Gasteiger partial charge on any atom is -0.382 e. The molecule has 0 saturated heterocycles. The number of hydrogen-bond donors (Lipinski definition) is 1. The summed E-state index contributed by atoms with van der Waals surface area (Å²) in [5, 5.41) is 8.90. The summed E-state index contributed by atoms with van der Waals surface area (Å²) >= 11 is 0. The van der Waals surface area contributed by atoms with E-state index in [4.69, 9.17) is 5.73 Å². The van der Waals surface area contributed by atoms with Crippen molar-refractivity contribution in [2.75, 3.05) is 5.73 Å². The molecule has 1 aliphatic carbocycles. The van der Waals surface area contributed by atoms with E-state index >= 15 is 0 Å². The van der Waals surface area contributed by atoms with Crippen LogP contribution in [0.2, 0.25) is 0 Å². The molecule has 4 rings (SSSR count). The Morgan fingerprint density at radius 2 is 2.00 bits per heavy atom. The van der Waals surface area contributed by atoms with Crippen LogP contribution in [-0.2, 0) is 0 Å². The van der Waals surface area contributed by atoms with E-state index < -0.39 is 0 Å². The van der Waals surface area contributed by atoms with Crippen molar-refractivity contribution in [1.82, 2.24) is 24.4 Å². The van der Waals surface area contributed by atoms with Crippen molar-refractivity contribution in [2.45, 2.75) is 45.1 Å². The molecule has 2 N–H and O–H groups in total. The number of nitrogens with zero attached hydrogens (tertiary/aromatic N) is 5. The molecule has 1 saturated carbocycles. The van der Waals surface area contributed by atoms with Crippen molar-refractivity contribution in [2.24, 2.45) is 0 Å². The van der Waals surface area contributed by atoms with Gasteiger partial charge in [0.15, 0.2) is 5.82 Å². The molecule has 0 radical (unpaired) electrons. The highest BCUT2D eigenvalue weighted by atomic mass is 15.3. The van der Waals surface area contributed by atoms with E-state index in [-0.39, 0.29) is 0 Å². The van der Waals surface area contributed by atoms with Crippen LogP contribution >= 0.6 is 0 Å². The Morgan fingerprint density at radius 3 is 2.82 bits per heavy atom. The Hall–Kier alpha value is -2.37. The minimum atomic E-state index is 0.486. The van der Waals surface area contributed by atoms with Crippen molar-refractivity contribution < 1.29 is 0 Å². The third kappa shape index (κ3) is 1.98. The van der Waals surface area contributed by atoms with Crippen LogP contribution in [0.25, 0.3) is 16.8 Å². The lowest BCUT2D eigenvalue weighted by molar-refractivity contribution is 0.332. The summed E-state index contributed by atoms with van der Waals surface area (Å²) in [5.74, 6) is 0.509. The zero-order valence-electron chi connectivity index (χ0n) is 12.7. The number of aryl methyl sites for hydroxylation is 1. The maximum absolute atomic E-state index is 6.10. The van der Waals surface area contributed by atoms with Crippen LogP contribution in [0.1, 0.15) is 43.8 Å². The molecule has 0 bridgehead atoms. The van der Waals surface area contributed by atoms with Crippen molar-refractivity contribution in [3.8, 4) is 11.3 Å². The summed E-state index contributed by atoms with van der Waals surface area (Å²) in [6.45, 7) is 2.03. The predicted octanol–water partition coefficient (Wildman–Crippen LogP) is 2.99. The average molecular weight is 296 g/mol. The Bertz CT molecular complexity index is 809. The van der Waals surface area contributed by atoms with E-state index in [9.17, 15) is 0 Å². The molecule has 1 aliphatic rings. The van der Waals surface area contributed by atoms with Crippen LogP contribution < -0.4 is 5.73 Å². The zero-order chi connectivity index (χ0) is 15.1. The Labute approximate surface area is 129 Å². The summed E-state index contributed by atoms with van der Waals surface area (Å²) in [4.78, 5) is 4.15. The molecule has 3 aromatic heterocycles. The lowest BCUT2D eigenvalue weighted by Gasteiger charge is -2.23. The monoisotopic (exact) mass is 296 g/mol. The number of anilines is 1. The summed E-state index contributed by atoms with van der Waals surface area (Å²) in [5.41, 5.74) is 10.2. The Kier molecular flexibility index (Phi) is 3.10. The molecule has 0 atom stereocenters. The number of rotatable bonds is 2. The van der Waals surface area contributed by atoms with E-state index in [1.165, 1.54) is 38.4 Å². The van der Waals surface area contributed by atoms with Gasteiger partial charge in [-0.3, -0.25) is 4.68 Å². The highest BCUT2D eigenvalue weighted by molar-refractivity contribution is 5.87. The second-order valence-corrected chi connectivity index (χ2v) is 6.06. The topological polar surface area (TPSA) is 74.0 Å². The van der Waals surface area contributed by atoms with E-state index in [1.807, 2.05) is 17.6 Å². The van der Waals surface area contributed by atoms with E-state index in [2.05, 4.69) is 32.0 Å². The van der Waals surface area contributed by atoms with Crippen molar-refractivity contribution in [3.63, 3.8) is 0 Å². The van der Waals surface area contributed by atoms with Gasteiger partial charge < -0.3 is 5.73 Å². The van der Waals surface area contributed by atoms with Crippen LogP contribution in [-0.4, -0.2) is 24.4 Å². The molecule has 6 heteroatoms. The zero-order valence-corrected chi connectivity index (χ0v) is 12.7. The number of hydrogen-bond acceptors (Lipinski definition) is 4. The number of nitrogen functional groups attached to an aromatic ring is 1. The van der Waals surface area contributed by atoms with Crippen LogP contribution in [0.3, 0.4) is 0 Å². The maximum Gasteiger partial charge on any atom is 0.152 e. The number of aromatic nitrogens is 5. The lowest BCUT2D eigenvalue weighted by Crippen LogP contribution is -2.15. The van der Waals surface area contributed by atoms with Crippen LogP contribution in [0.5, 0.6) is 0 Å². The van der Waals surface area contributed by atoms with Gasteiger partial charge in [0.05, 0.1) is 11.7 Å². The second kappa shape index (κ2) is 5.12. The number of fused-ring (bicyclic) bond motifs is 1. The molecule has 0 aromatic carbocycles. The summed E-state index contributed by atoms with van der Waals surface area (Å²) in [7, 11) is 0. The minimum absolute atomic E-state index is 0.486. The average Bonchev–Trinajstić information content (AvgIpc) is 3.14. The van der Waals surface area contributed by atoms with Crippen molar-refractivity contribution in [3.05, 3.63) is 30.4 Å². The number of nitrogens with two attached hydrogens (primary N) is 1. The van der Waals surface area contributed by atoms with Crippen LogP contribution in [0.15, 0.2) is 24.7 Å². The van der Waals surface area contributed by atoms with Crippen molar-refractivity contribution in [1.29, 1.82) is 0 Å². The fourth-order valence-electron chi connectivity index (χ4n) is 3.56. The van der Waals surface area contributed by atoms with Crippen molar-refractivity contribution >= 4 is 11.3 Å². The maximum atomic E-state index is 6.10. The summed E-state index contributed by atoms with van der Waals surface area (Å²) in [6, 6.07) is 4.67. The van der Waals surface area contributed by atoms with Gasteiger partial charge in [0.1, 0.15) is 11.8 Å². The van der Waals surface area contributed by atoms with Gasteiger partial charge in [0.25, 0.3) is 0 Å². The first-order valence-electron chi connectivity index (χ1n) is 7.88. The highest BCUT2D eigenvalue weighted by Crippen LogP contribution is 2.35. The molecular formula is C16H20N6. The standard InChI is InChI=1S/C16H20N6/c1-11-9-13(15-16(17)18-10-20-21(11)15)14-7-8-19-22(14)12-5-3-2-4-6-12/h7-10,12H,2-6H2,1H3,(H2,17,18,20). The fourth-order valence-corrected chi connectivity index (χ4v) is 3.56. The summed E-state index contributed by atoms with van der Waals surface area (Å²) < 4.78 is 4.02. The molecule has 6 nitrogen and oxygen atoms in total. The molecule has 114 valence electrons. The molecule has 3 aromatic rings. The van der Waals surface area contributed by atoms with Gasteiger partial charge in [0.2, 0.25) is 0 Å². The van der Waals surface area contributed by atoms with Gasteiger partial charge in [0, 0.05) is 17.5 Å². The Balaban J connectivity index is 1.88. The van der Waals surface area contributed by atoms with E-state index in [1.54, 1.807) is 0 Å². The Morgan fingerprint density at radius 1 is 1.18 bits per heavy atom. The predicted molar refractivity (Wildman–Crippen MR) is 85.5 cm³/mol. The van der Waals surface area contributed by atoms with Crippen LogP contribution in [0.4, 0.5) is 5.82 Å². The largest absolute Gasteiger partial charge is 0.382 e. The van der Waals surface area contributed by atoms with Gasteiger partial charge in [-0.25, -0.2) is 9.50 Å². The first-order valence-corrected chi connectivity index (χ1v) is 7.88. The van der Waals surface area contributed by atoms with Crippen LogP contribution in [0, 0.1) is 6.92 Å². The van der Waals surface area contributed by atoms with Gasteiger partial charge in [-0.1, -0.05) is 19.3 Å². The summed E-state index contributed by atoms with van der Waals surface area (Å²) in [6.07, 6.45) is 9.68. The highest BCUT2D eigenvalue weighted by Gasteiger charge is 2.22.